The van der Waals surface area contributed by atoms with E-state index in [9.17, 15) is 0 Å². The molecule has 1 aromatic carbocycles. The SMILES string of the molecule is CNC(c1ccc2nc(C)oc2c1)C1COCCN1. The van der Waals surface area contributed by atoms with Gasteiger partial charge < -0.3 is 19.8 Å². The summed E-state index contributed by atoms with van der Waals surface area (Å²) in [5, 5.41) is 6.84. The van der Waals surface area contributed by atoms with Crippen LogP contribution in [-0.2, 0) is 4.74 Å². The van der Waals surface area contributed by atoms with E-state index in [1.165, 1.54) is 5.56 Å². The van der Waals surface area contributed by atoms with Crippen LogP contribution >= 0.6 is 0 Å². The van der Waals surface area contributed by atoms with Crippen molar-refractivity contribution in [3.05, 3.63) is 29.7 Å². The Kier molecular flexibility index (Phi) is 3.50. The van der Waals surface area contributed by atoms with Gasteiger partial charge in [0.15, 0.2) is 11.5 Å². The van der Waals surface area contributed by atoms with Gasteiger partial charge in [-0.15, -0.1) is 0 Å². The zero-order valence-corrected chi connectivity index (χ0v) is 11.3. The third kappa shape index (κ3) is 2.49. The van der Waals surface area contributed by atoms with Crippen LogP contribution in [0.1, 0.15) is 17.5 Å². The number of nitrogens with zero attached hydrogens (tertiary/aromatic N) is 1. The second kappa shape index (κ2) is 5.28. The third-order valence-electron chi connectivity index (χ3n) is 3.54. The Bertz CT molecular complexity index is 561. The van der Waals surface area contributed by atoms with E-state index in [0.29, 0.717) is 5.89 Å². The first kappa shape index (κ1) is 12.6. The lowest BCUT2D eigenvalue weighted by Gasteiger charge is -2.31. The minimum atomic E-state index is 0.204. The summed E-state index contributed by atoms with van der Waals surface area (Å²) in [7, 11) is 1.97. The number of aryl methyl sites for hydroxylation is 1. The topological polar surface area (TPSA) is 59.3 Å². The summed E-state index contributed by atoms with van der Waals surface area (Å²) >= 11 is 0. The Hall–Kier alpha value is -1.43. The number of fused-ring (bicyclic) bond motifs is 1. The highest BCUT2D eigenvalue weighted by Crippen LogP contribution is 2.23. The molecule has 0 aliphatic carbocycles. The number of oxazole rings is 1. The molecule has 2 N–H and O–H groups in total. The van der Waals surface area contributed by atoms with Gasteiger partial charge in [0.1, 0.15) is 5.52 Å². The molecule has 0 saturated carbocycles. The molecule has 0 bridgehead atoms. The van der Waals surface area contributed by atoms with Crippen LogP contribution in [0.15, 0.2) is 22.6 Å². The van der Waals surface area contributed by atoms with Gasteiger partial charge >= 0.3 is 0 Å². The molecule has 1 aliphatic rings. The first-order valence-corrected chi connectivity index (χ1v) is 6.63. The molecule has 19 heavy (non-hydrogen) atoms. The van der Waals surface area contributed by atoms with Crippen molar-refractivity contribution in [3.8, 4) is 0 Å². The van der Waals surface area contributed by atoms with Crippen molar-refractivity contribution in [2.24, 2.45) is 0 Å². The maximum absolute atomic E-state index is 5.60. The minimum absolute atomic E-state index is 0.204. The van der Waals surface area contributed by atoms with E-state index in [1.807, 2.05) is 20.0 Å². The van der Waals surface area contributed by atoms with Gasteiger partial charge in [0.25, 0.3) is 0 Å². The Labute approximate surface area is 112 Å². The average Bonchev–Trinajstić information content (AvgIpc) is 2.80. The summed E-state index contributed by atoms with van der Waals surface area (Å²) in [6.07, 6.45) is 0. The van der Waals surface area contributed by atoms with Crippen molar-refractivity contribution in [1.82, 2.24) is 15.6 Å². The molecule has 5 nitrogen and oxygen atoms in total. The van der Waals surface area contributed by atoms with Crippen LogP contribution in [0, 0.1) is 6.92 Å². The molecular weight excluding hydrogens is 242 g/mol. The summed E-state index contributed by atoms with van der Waals surface area (Å²) in [5.74, 6) is 0.701. The largest absolute Gasteiger partial charge is 0.441 e. The molecule has 1 saturated heterocycles. The molecule has 2 unspecified atom stereocenters. The number of morpholine rings is 1. The van der Waals surface area contributed by atoms with Crippen molar-refractivity contribution in [3.63, 3.8) is 0 Å². The van der Waals surface area contributed by atoms with E-state index >= 15 is 0 Å². The van der Waals surface area contributed by atoms with E-state index in [4.69, 9.17) is 9.15 Å². The molecule has 2 aromatic rings. The van der Waals surface area contributed by atoms with Crippen molar-refractivity contribution in [2.45, 2.75) is 19.0 Å². The van der Waals surface area contributed by atoms with E-state index in [2.05, 4.69) is 27.8 Å². The fourth-order valence-corrected chi connectivity index (χ4v) is 2.65. The van der Waals surface area contributed by atoms with Gasteiger partial charge in [-0.25, -0.2) is 4.98 Å². The molecule has 1 aromatic heterocycles. The maximum atomic E-state index is 5.60. The summed E-state index contributed by atoms with van der Waals surface area (Å²) < 4.78 is 11.1. The zero-order valence-electron chi connectivity index (χ0n) is 11.3. The highest BCUT2D eigenvalue weighted by Gasteiger charge is 2.24. The van der Waals surface area contributed by atoms with Gasteiger partial charge in [0.05, 0.1) is 19.3 Å². The number of benzene rings is 1. The number of aromatic nitrogens is 1. The number of ether oxygens (including phenoxy) is 1. The van der Waals surface area contributed by atoms with Crippen LogP contribution in [0.25, 0.3) is 11.1 Å². The quantitative estimate of drug-likeness (QED) is 0.874. The average molecular weight is 261 g/mol. The first-order chi connectivity index (χ1) is 9.28. The Morgan fingerprint density at radius 1 is 1.47 bits per heavy atom. The molecule has 5 heteroatoms. The highest BCUT2D eigenvalue weighted by atomic mass is 16.5. The fourth-order valence-electron chi connectivity index (χ4n) is 2.65. The summed E-state index contributed by atoms with van der Waals surface area (Å²) in [6, 6.07) is 6.65. The normalized spacial score (nSPS) is 21.7. The van der Waals surface area contributed by atoms with Crippen LogP contribution in [0.2, 0.25) is 0 Å². The number of hydrogen-bond donors (Lipinski definition) is 2. The second-order valence-electron chi connectivity index (χ2n) is 4.86. The summed E-state index contributed by atoms with van der Waals surface area (Å²) in [5.41, 5.74) is 2.94. The van der Waals surface area contributed by atoms with E-state index in [-0.39, 0.29) is 12.1 Å². The highest BCUT2D eigenvalue weighted by molar-refractivity contribution is 5.73. The molecule has 0 spiro atoms. The van der Waals surface area contributed by atoms with E-state index in [0.717, 1.165) is 30.9 Å². The molecule has 2 atom stereocenters. The summed E-state index contributed by atoms with van der Waals surface area (Å²) in [4.78, 5) is 4.32. The predicted octanol–water partition coefficient (Wildman–Crippen LogP) is 1.39. The lowest BCUT2D eigenvalue weighted by atomic mass is 9.99. The Balaban J connectivity index is 1.91. The van der Waals surface area contributed by atoms with Crippen molar-refractivity contribution in [1.29, 1.82) is 0 Å². The monoisotopic (exact) mass is 261 g/mol. The molecule has 102 valence electrons. The predicted molar refractivity (Wildman–Crippen MR) is 73.2 cm³/mol. The van der Waals surface area contributed by atoms with Crippen LogP contribution < -0.4 is 10.6 Å². The molecular formula is C14H19N3O2. The number of hydrogen-bond acceptors (Lipinski definition) is 5. The van der Waals surface area contributed by atoms with Crippen molar-refractivity contribution in [2.75, 3.05) is 26.8 Å². The van der Waals surface area contributed by atoms with Crippen LogP contribution in [0.4, 0.5) is 0 Å². The molecule has 1 aliphatic heterocycles. The minimum Gasteiger partial charge on any atom is -0.441 e. The van der Waals surface area contributed by atoms with E-state index in [1.54, 1.807) is 0 Å². The maximum Gasteiger partial charge on any atom is 0.192 e. The summed E-state index contributed by atoms with van der Waals surface area (Å²) in [6.45, 7) is 4.27. The van der Waals surface area contributed by atoms with E-state index < -0.39 is 0 Å². The number of likely N-dealkylation sites (N-methyl/N-ethyl adjacent to an activating group) is 1. The Morgan fingerprint density at radius 3 is 3.11 bits per heavy atom. The van der Waals surface area contributed by atoms with Crippen molar-refractivity contribution >= 4 is 11.1 Å². The number of nitrogens with one attached hydrogen (secondary N) is 2. The van der Waals surface area contributed by atoms with Gasteiger partial charge in [0.2, 0.25) is 0 Å². The van der Waals surface area contributed by atoms with Crippen LogP contribution in [0.5, 0.6) is 0 Å². The standard InChI is InChI=1S/C14H19N3O2/c1-9-17-11-4-3-10(7-13(11)19-9)14(15-2)12-8-18-6-5-16-12/h3-4,7,12,14-16H,5-6,8H2,1-2H3. The van der Waals surface area contributed by atoms with Gasteiger partial charge in [-0.2, -0.15) is 0 Å². The molecule has 0 amide bonds. The lowest BCUT2D eigenvalue weighted by molar-refractivity contribution is 0.0645. The molecule has 3 rings (SSSR count). The van der Waals surface area contributed by atoms with Crippen LogP contribution in [0.3, 0.4) is 0 Å². The van der Waals surface area contributed by atoms with Crippen molar-refractivity contribution < 1.29 is 9.15 Å². The zero-order chi connectivity index (χ0) is 13.2. The van der Waals surface area contributed by atoms with Gasteiger partial charge in [-0.1, -0.05) is 6.07 Å². The van der Waals surface area contributed by atoms with Gasteiger partial charge in [0, 0.05) is 19.5 Å². The smallest absolute Gasteiger partial charge is 0.192 e. The first-order valence-electron chi connectivity index (χ1n) is 6.63. The van der Waals surface area contributed by atoms with Gasteiger partial charge in [-0.05, 0) is 24.7 Å². The van der Waals surface area contributed by atoms with Crippen LogP contribution in [-0.4, -0.2) is 37.8 Å². The van der Waals surface area contributed by atoms with Gasteiger partial charge in [-0.3, -0.25) is 0 Å². The second-order valence-corrected chi connectivity index (χ2v) is 4.86. The number of rotatable bonds is 3. The molecule has 0 radical (unpaired) electrons. The third-order valence-corrected chi connectivity index (χ3v) is 3.54. The fraction of sp³-hybridized carbons (Fsp3) is 0.500. The lowest BCUT2D eigenvalue weighted by Crippen LogP contribution is -2.48. The molecule has 1 fully saturated rings. The molecule has 2 heterocycles. The Morgan fingerprint density at radius 2 is 2.37 bits per heavy atom.